The lowest BCUT2D eigenvalue weighted by atomic mass is 9.82. The second kappa shape index (κ2) is 11.0. The summed E-state index contributed by atoms with van der Waals surface area (Å²) < 4.78 is 5.68. The van der Waals surface area contributed by atoms with E-state index in [9.17, 15) is 14.4 Å². The van der Waals surface area contributed by atoms with E-state index in [0.717, 1.165) is 31.8 Å². The molecule has 0 aliphatic heterocycles. The van der Waals surface area contributed by atoms with Crippen LogP contribution < -0.4 is 10.6 Å². The van der Waals surface area contributed by atoms with Crippen molar-refractivity contribution >= 4 is 18.0 Å². The third-order valence-corrected chi connectivity index (χ3v) is 6.68. The monoisotopic (exact) mass is 462 g/mol. The maximum absolute atomic E-state index is 12.7. The van der Waals surface area contributed by atoms with Gasteiger partial charge in [-0.05, 0) is 41.0 Å². The third kappa shape index (κ3) is 5.65. The van der Waals surface area contributed by atoms with E-state index in [2.05, 4.69) is 34.9 Å². The van der Waals surface area contributed by atoms with Crippen molar-refractivity contribution in [1.29, 1.82) is 0 Å². The van der Waals surface area contributed by atoms with Crippen molar-refractivity contribution in [3.05, 3.63) is 71.8 Å². The molecule has 0 unspecified atom stereocenters. The molecule has 2 atom stereocenters. The molecule has 0 spiro atoms. The van der Waals surface area contributed by atoms with Crippen molar-refractivity contribution in [3.63, 3.8) is 0 Å². The lowest BCUT2D eigenvalue weighted by Gasteiger charge is -2.31. The van der Waals surface area contributed by atoms with Gasteiger partial charge in [-0.3, -0.25) is 4.79 Å². The first-order valence-electron chi connectivity index (χ1n) is 11.8. The molecule has 34 heavy (non-hydrogen) atoms. The average Bonchev–Trinajstić information content (AvgIpc) is 3.15. The van der Waals surface area contributed by atoms with Gasteiger partial charge in [-0.2, -0.15) is 0 Å². The first kappa shape index (κ1) is 23.5. The van der Waals surface area contributed by atoms with E-state index in [1.54, 1.807) is 0 Å². The highest BCUT2D eigenvalue weighted by molar-refractivity contribution is 5.80. The molecule has 2 aromatic carbocycles. The molecule has 2 aliphatic carbocycles. The molecule has 0 bridgehead atoms. The number of carbonyl (C=O) groups excluding carboxylic acids is 2. The number of hydrogen-bond donors (Lipinski definition) is 3. The predicted octanol–water partition coefficient (Wildman–Crippen LogP) is 4.23. The first-order valence-corrected chi connectivity index (χ1v) is 11.8. The molecule has 7 heteroatoms. The van der Waals surface area contributed by atoms with Gasteiger partial charge in [-0.1, -0.05) is 67.4 Å². The fraction of sp³-hybridized carbons (Fsp3) is 0.370. The van der Waals surface area contributed by atoms with Crippen LogP contribution in [0.15, 0.2) is 60.7 Å². The minimum absolute atomic E-state index is 0.00457. The summed E-state index contributed by atoms with van der Waals surface area (Å²) in [4.78, 5) is 35.5. The van der Waals surface area contributed by atoms with Crippen molar-refractivity contribution < 1.29 is 24.2 Å². The Labute approximate surface area is 199 Å². The summed E-state index contributed by atoms with van der Waals surface area (Å²) in [5, 5.41) is 14.3. The normalized spacial score (nSPS) is 19.3. The Bertz CT molecular complexity index is 1030. The highest BCUT2D eigenvalue weighted by Gasteiger charge is 2.31. The van der Waals surface area contributed by atoms with Gasteiger partial charge < -0.3 is 20.5 Å². The SMILES string of the molecule is O=C(O)/C=C/CNC(=O)C[C@H]1CCCC[C@H]1NC(=O)OCC1c2ccccc2-c2ccccc21. The molecule has 0 heterocycles. The fourth-order valence-electron chi connectivity index (χ4n) is 5.08. The predicted molar refractivity (Wildman–Crippen MR) is 128 cm³/mol. The maximum Gasteiger partial charge on any atom is 0.407 e. The van der Waals surface area contributed by atoms with E-state index in [1.165, 1.54) is 28.3 Å². The van der Waals surface area contributed by atoms with Gasteiger partial charge in [0.05, 0.1) is 0 Å². The van der Waals surface area contributed by atoms with Crippen LogP contribution in [0.5, 0.6) is 0 Å². The summed E-state index contributed by atoms with van der Waals surface area (Å²) in [6.45, 7) is 0.427. The molecule has 2 aliphatic rings. The molecule has 3 N–H and O–H groups in total. The number of nitrogens with one attached hydrogen (secondary N) is 2. The van der Waals surface area contributed by atoms with Crippen LogP contribution in [-0.4, -0.2) is 42.3 Å². The molecular weight excluding hydrogens is 432 g/mol. The van der Waals surface area contributed by atoms with Gasteiger partial charge in [0.2, 0.25) is 5.91 Å². The Balaban J connectivity index is 1.31. The van der Waals surface area contributed by atoms with Gasteiger partial charge in [-0.15, -0.1) is 0 Å². The number of fused-ring (bicyclic) bond motifs is 3. The number of alkyl carbamates (subject to hydrolysis) is 1. The van der Waals surface area contributed by atoms with Crippen LogP contribution in [0.4, 0.5) is 4.79 Å². The van der Waals surface area contributed by atoms with E-state index in [4.69, 9.17) is 9.84 Å². The molecule has 0 aromatic heterocycles. The van der Waals surface area contributed by atoms with E-state index in [-0.39, 0.29) is 43.4 Å². The van der Waals surface area contributed by atoms with Gasteiger partial charge in [0.1, 0.15) is 6.61 Å². The molecule has 4 rings (SSSR count). The van der Waals surface area contributed by atoms with Gasteiger partial charge in [0, 0.05) is 31.0 Å². The fourth-order valence-corrected chi connectivity index (χ4v) is 5.08. The highest BCUT2D eigenvalue weighted by atomic mass is 16.5. The summed E-state index contributed by atoms with van der Waals surface area (Å²) in [6, 6.07) is 16.3. The Morgan fingerprint density at radius 3 is 2.29 bits per heavy atom. The number of benzene rings is 2. The summed E-state index contributed by atoms with van der Waals surface area (Å²) in [5.74, 6) is -1.17. The molecule has 7 nitrogen and oxygen atoms in total. The smallest absolute Gasteiger partial charge is 0.407 e. The van der Waals surface area contributed by atoms with Crippen molar-refractivity contribution in [2.45, 2.75) is 44.1 Å². The zero-order valence-electron chi connectivity index (χ0n) is 19.0. The molecule has 1 saturated carbocycles. The van der Waals surface area contributed by atoms with Gasteiger partial charge in [-0.25, -0.2) is 9.59 Å². The van der Waals surface area contributed by atoms with E-state index in [0.29, 0.717) is 0 Å². The maximum atomic E-state index is 12.7. The van der Waals surface area contributed by atoms with Crippen LogP contribution in [-0.2, 0) is 14.3 Å². The number of rotatable bonds is 8. The topological polar surface area (TPSA) is 105 Å². The van der Waals surface area contributed by atoms with E-state index >= 15 is 0 Å². The number of ether oxygens (including phenoxy) is 1. The van der Waals surface area contributed by atoms with Crippen molar-refractivity contribution in [3.8, 4) is 11.1 Å². The zero-order chi connectivity index (χ0) is 23.9. The quantitative estimate of drug-likeness (QED) is 0.509. The summed E-state index contributed by atoms with van der Waals surface area (Å²) >= 11 is 0. The number of carboxylic acid groups (broad SMARTS) is 1. The van der Waals surface area contributed by atoms with Crippen LogP contribution in [0.2, 0.25) is 0 Å². The Morgan fingerprint density at radius 1 is 0.971 bits per heavy atom. The number of amides is 2. The summed E-state index contributed by atoms with van der Waals surface area (Å²) in [7, 11) is 0. The number of aliphatic carboxylic acids is 1. The second-order valence-corrected chi connectivity index (χ2v) is 8.87. The molecule has 0 saturated heterocycles. The van der Waals surface area contributed by atoms with Gasteiger partial charge in [0.15, 0.2) is 0 Å². The van der Waals surface area contributed by atoms with Crippen LogP contribution in [0.1, 0.15) is 49.1 Å². The average molecular weight is 463 g/mol. The Morgan fingerprint density at radius 2 is 1.62 bits per heavy atom. The molecule has 2 amide bonds. The molecular formula is C27H30N2O5. The number of carboxylic acids is 1. The van der Waals surface area contributed by atoms with E-state index in [1.807, 2.05) is 24.3 Å². The Kier molecular flexibility index (Phi) is 7.62. The molecule has 2 aromatic rings. The number of hydrogen-bond acceptors (Lipinski definition) is 4. The van der Waals surface area contributed by atoms with Crippen LogP contribution in [0.25, 0.3) is 11.1 Å². The minimum atomic E-state index is -1.05. The van der Waals surface area contributed by atoms with Crippen LogP contribution >= 0.6 is 0 Å². The minimum Gasteiger partial charge on any atom is -0.478 e. The summed E-state index contributed by atoms with van der Waals surface area (Å²) in [6.07, 6.45) is 5.90. The van der Waals surface area contributed by atoms with Gasteiger partial charge in [0.25, 0.3) is 0 Å². The standard InChI is InChI=1S/C27H30N2O5/c30-25(28-15-7-14-26(31)32)16-18-8-1-6-13-24(18)29-27(33)34-17-23-21-11-4-2-9-19(21)20-10-3-5-12-22(20)23/h2-5,7,9-12,14,18,23-24H,1,6,8,13,15-17H2,(H,28,30)(H,29,33)(H,31,32)/b14-7+/t18-,24-/m1/s1. The van der Waals surface area contributed by atoms with Crippen molar-refractivity contribution in [2.24, 2.45) is 5.92 Å². The first-order chi connectivity index (χ1) is 16.5. The second-order valence-electron chi connectivity index (χ2n) is 8.87. The zero-order valence-corrected chi connectivity index (χ0v) is 19.0. The van der Waals surface area contributed by atoms with Crippen LogP contribution in [0, 0.1) is 5.92 Å². The molecule has 0 radical (unpaired) electrons. The molecule has 1 fully saturated rings. The lowest BCUT2D eigenvalue weighted by molar-refractivity contribution is -0.131. The lowest BCUT2D eigenvalue weighted by Crippen LogP contribution is -2.44. The number of carbonyl (C=O) groups is 3. The highest BCUT2D eigenvalue weighted by Crippen LogP contribution is 2.44. The van der Waals surface area contributed by atoms with Crippen molar-refractivity contribution in [1.82, 2.24) is 10.6 Å². The van der Waals surface area contributed by atoms with E-state index < -0.39 is 12.1 Å². The van der Waals surface area contributed by atoms with Gasteiger partial charge >= 0.3 is 12.1 Å². The molecule has 178 valence electrons. The Hall–Kier alpha value is -3.61. The van der Waals surface area contributed by atoms with Crippen LogP contribution in [0.3, 0.4) is 0 Å². The third-order valence-electron chi connectivity index (χ3n) is 6.68. The summed E-state index contributed by atoms with van der Waals surface area (Å²) in [5.41, 5.74) is 4.70. The van der Waals surface area contributed by atoms with Crippen molar-refractivity contribution in [2.75, 3.05) is 13.2 Å². The largest absolute Gasteiger partial charge is 0.478 e.